The van der Waals surface area contributed by atoms with Crippen LogP contribution in [0.1, 0.15) is 5.56 Å². The quantitative estimate of drug-likeness (QED) is 0.281. The first-order valence-corrected chi connectivity index (χ1v) is 7.53. The van der Waals surface area contributed by atoms with Gasteiger partial charge in [0, 0.05) is 6.07 Å². The van der Waals surface area contributed by atoms with Gasteiger partial charge < -0.3 is 10.1 Å². The summed E-state index contributed by atoms with van der Waals surface area (Å²) in [6.07, 6.45) is 4.18. The first-order valence-electron chi connectivity index (χ1n) is 7.53. The van der Waals surface area contributed by atoms with Gasteiger partial charge in [-0.1, -0.05) is 30.3 Å². The minimum absolute atomic E-state index is 0.0610. The lowest BCUT2D eigenvalue weighted by Crippen LogP contribution is -2.14. The molecule has 7 heteroatoms. The van der Waals surface area contributed by atoms with Crippen LogP contribution in [0.15, 0.2) is 66.3 Å². The van der Waals surface area contributed by atoms with Crippen LogP contribution in [0.3, 0.4) is 0 Å². The molecule has 0 aliphatic carbocycles. The number of amides is 1. The van der Waals surface area contributed by atoms with Gasteiger partial charge in [-0.3, -0.25) is 14.9 Å². The molecule has 2 aromatic rings. The lowest BCUT2D eigenvalue weighted by atomic mass is 10.1. The van der Waals surface area contributed by atoms with E-state index in [1.807, 2.05) is 0 Å². The second kappa shape index (κ2) is 8.80. The number of anilines is 1. The van der Waals surface area contributed by atoms with Crippen molar-refractivity contribution in [3.05, 3.63) is 81.9 Å². The van der Waals surface area contributed by atoms with Crippen LogP contribution in [-0.2, 0) is 4.79 Å². The predicted molar refractivity (Wildman–Crippen MR) is 97.5 cm³/mol. The minimum Gasteiger partial charge on any atom is -0.495 e. The second-order valence-electron chi connectivity index (χ2n) is 5.02. The first kappa shape index (κ1) is 18.4. The number of para-hydroxylation sites is 3. The highest BCUT2D eigenvalue weighted by Crippen LogP contribution is 2.23. The molecule has 1 amide bonds. The van der Waals surface area contributed by atoms with Crippen molar-refractivity contribution in [2.45, 2.75) is 0 Å². The number of benzene rings is 2. The molecule has 2 rings (SSSR count). The molecule has 0 aromatic heterocycles. The molecule has 0 aliphatic rings. The molecule has 0 aliphatic heterocycles. The zero-order valence-corrected chi connectivity index (χ0v) is 13.9. The summed E-state index contributed by atoms with van der Waals surface area (Å²) in [7, 11) is 1.47. The van der Waals surface area contributed by atoms with Crippen molar-refractivity contribution in [3.63, 3.8) is 0 Å². The van der Waals surface area contributed by atoms with Gasteiger partial charge in [0.25, 0.3) is 11.6 Å². The molecular formula is C19H15N3O4. The van der Waals surface area contributed by atoms with E-state index in [9.17, 15) is 20.2 Å². The van der Waals surface area contributed by atoms with Gasteiger partial charge in [0.1, 0.15) is 17.4 Å². The highest BCUT2D eigenvalue weighted by atomic mass is 16.6. The van der Waals surface area contributed by atoms with E-state index in [0.29, 0.717) is 17.0 Å². The van der Waals surface area contributed by atoms with E-state index < -0.39 is 10.8 Å². The molecule has 130 valence electrons. The van der Waals surface area contributed by atoms with Crippen molar-refractivity contribution in [1.82, 2.24) is 0 Å². The molecule has 0 fully saturated rings. The Bertz CT molecular complexity index is 926. The standard InChI is InChI=1S/C19H15N3O4/c1-26-18-12-5-3-10-16(18)21-19(23)15(13-20)9-6-8-14-7-2-4-11-17(14)22(24)25/h2-12H,1H3,(H,21,23)/b8-6?,15-9+. The molecule has 26 heavy (non-hydrogen) atoms. The van der Waals surface area contributed by atoms with Gasteiger partial charge in [-0.05, 0) is 30.4 Å². The van der Waals surface area contributed by atoms with Crippen LogP contribution in [0.5, 0.6) is 5.75 Å². The summed E-state index contributed by atoms with van der Waals surface area (Å²) in [5.41, 5.74) is 0.597. The van der Waals surface area contributed by atoms with E-state index in [-0.39, 0.29) is 11.3 Å². The molecular weight excluding hydrogens is 334 g/mol. The fraction of sp³-hybridized carbons (Fsp3) is 0.0526. The number of nitrogens with zero attached hydrogens (tertiary/aromatic N) is 2. The topological polar surface area (TPSA) is 105 Å². The molecule has 0 atom stereocenters. The number of hydrogen-bond acceptors (Lipinski definition) is 5. The first-order chi connectivity index (χ1) is 12.6. The van der Waals surface area contributed by atoms with Crippen LogP contribution < -0.4 is 10.1 Å². The number of allylic oxidation sites excluding steroid dienone is 2. The van der Waals surface area contributed by atoms with Crippen molar-refractivity contribution in [3.8, 4) is 11.8 Å². The zero-order valence-electron chi connectivity index (χ0n) is 13.9. The number of nitro benzene ring substituents is 1. The van der Waals surface area contributed by atoms with Gasteiger partial charge in [-0.2, -0.15) is 5.26 Å². The van der Waals surface area contributed by atoms with Crippen molar-refractivity contribution in [2.24, 2.45) is 0 Å². The third kappa shape index (κ3) is 4.55. The number of nitro groups is 1. The molecule has 0 saturated carbocycles. The highest BCUT2D eigenvalue weighted by molar-refractivity contribution is 6.07. The summed E-state index contributed by atoms with van der Waals surface area (Å²) in [4.78, 5) is 22.7. The van der Waals surface area contributed by atoms with Gasteiger partial charge in [-0.25, -0.2) is 0 Å². The Labute approximate surface area is 150 Å². The fourth-order valence-electron chi connectivity index (χ4n) is 2.14. The third-order valence-electron chi connectivity index (χ3n) is 3.39. The number of nitrogens with one attached hydrogen (secondary N) is 1. The molecule has 0 saturated heterocycles. The number of rotatable bonds is 6. The molecule has 0 unspecified atom stereocenters. The van der Waals surface area contributed by atoms with E-state index in [2.05, 4.69) is 5.32 Å². The lowest BCUT2D eigenvalue weighted by molar-refractivity contribution is -0.385. The number of ether oxygens (including phenoxy) is 1. The Kier molecular flexibility index (Phi) is 6.23. The highest BCUT2D eigenvalue weighted by Gasteiger charge is 2.12. The SMILES string of the molecule is COc1ccccc1NC(=O)/C(C#N)=C/C=Cc1ccccc1[N+](=O)[O-]. The number of nitriles is 1. The van der Waals surface area contributed by atoms with Gasteiger partial charge in [-0.15, -0.1) is 0 Å². The second-order valence-corrected chi connectivity index (χ2v) is 5.02. The van der Waals surface area contributed by atoms with E-state index in [4.69, 9.17) is 4.74 Å². The summed E-state index contributed by atoms with van der Waals surface area (Å²) in [5, 5.41) is 22.8. The Hall–Kier alpha value is -3.92. The van der Waals surface area contributed by atoms with Gasteiger partial charge in [0.05, 0.1) is 23.3 Å². The third-order valence-corrected chi connectivity index (χ3v) is 3.39. The molecule has 0 bridgehead atoms. The largest absolute Gasteiger partial charge is 0.495 e. The van der Waals surface area contributed by atoms with Crippen LogP contribution in [-0.4, -0.2) is 17.9 Å². The van der Waals surface area contributed by atoms with Crippen LogP contribution in [0.25, 0.3) is 6.08 Å². The maximum atomic E-state index is 12.2. The van der Waals surface area contributed by atoms with Gasteiger partial charge in [0.15, 0.2) is 0 Å². The Morgan fingerprint density at radius 3 is 2.62 bits per heavy atom. The number of hydrogen-bond donors (Lipinski definition) is 1. The smallest absolute Gasteiger partial charge is 0.276 e. The number of carbonyl (C=O) groups is 1. The van der Waals surface area contributed by atoms with E-state index in [1.54, 1.807) is 48.5 Å². The molecule has 2 aromatic carbocycles. The summed E-state index contributed by atoms with van der Waals surface area (Å²) in [6.45, 7) is 0. The average molecular weight is 349 g/mol. The van der Waals surface area contributed by atoms with Crippen molar-refractivity contribution in [2.75, 3.05) is 12.4 Å². The maximum Gasteiger partial charge on any atom is 0.276 e. The molecule has 0 heterocycles. The lowest BCUT2D eigenvalue weighted by Gasteiger charge is -2.08. The van der Waals surface area contributed by atoms with Crippen LogP contribution in [0, 0.1) is 21.4 Å². The summed E-state index contributed by atoms with van der Waals surface area (Å²) < 4.78 is 5.14. The number of carbonyl (C=O) groups excluding carboxylic acids is 1. The Morgan fingerprint density at radius 2 is 1.92 bits per heavy atom. The van der Waals surface area contributed by atoms with E-state index in [1.165, 1.54) is 31.4 Å². The minimum atomic E-state index is -0.607. The summed E-state index contributed by atoms with van der Waals surface area (Å²) >= 11 is 0. The predicted octanol–water partition coefficient (Wildman–Crippen LogP) is 3.71. The van der Waals surface area contributed by atoms with Crippen LogP contribution in [0.2, 0.25) is 0 Å². The van der Waals surface area contributed by atoms with Crippen LogP contribution in [0.4, 0.5) is 11.4 Å². The Balaban J connectivity index is 2.19. The van der Waals surface area contributed by atoms with Crippen molar-refractivity contribution >= 4 is 23.4 Å². The van der Waals surface area contributed by atoms with Crippen molar-refractivity contribution < 1.29 is 14.5 Å². The van der Waals surface area contributed by atoms with Gasteiger partial charge >= 0.3 is 0 Å². The van der Waals surface area contributed by atoms with Gasteiger partial charge in [0.2, 0.25) is 0 Å². The average Bonchev–Trinajstić information content (AvgIpc) is 2.65. The molecule has 7 nitrogen and oxygen atoms in total. The Morgan fingerprint density at radius 1 is 1.23 bits per heavy atom. The normalized spacial score (nSPS) is 11.0. The zero-order chi connectivity index (χ0) is 18.9. The van der Waals surface area contributed by atoms with Crippen molar-refractivity contribution in [1.29, 1.82) is 5.26 Å². The fourth-order valence-corrected chi connectivity index (χ4v) is 2.14. The number of methoxy groups -OCH3 is 1. The molecule has 0 spiro atoms. The monoisotopic (exact) mass is 349 g/mol. The van der Waals surface area contributed by atoms with Crippen LogP contribution >= 0.6 is 0 Å². The molecule has 0 radical (unpaired) electrons. The van der Waals surface area contributed by atoms with E-state index in [0.717, 1.165) is 0 Å². The molecule has 1 N–H and O–H groups in total. The van der Waals surface area contributed by atoms with E-state index >= 15 is 0 Å². The maximum absolute atomic E-state index is 12.2. The summed E-state index contributed by atoms with van der Waals surface area (Å²) in [6, 6.07) is 14.8. The summed E-state index contributed by atoms with van der Waals surface area (Å²) in [5.74, 6) is -0.141.